The molecule has 2 N–H and O–H groups in total. The van der Waals surface area contributed by atoms with E-state index in [1.165, 1.54) is 22.7 Å². The zero-order chi connectivity index (χ0) is 25.1. The summed E-state index contributed by atoms with van der Waals surface area (Å²) >= 11 is 0. The molecular formula is C23H34N4O6S. The molecule has 2 aliphatic rings. The Hall–Kier alpha value is -2.47. The van der Waals surface area contributed by atoms with Gasteiger partial charge in [-0.15, -0.1) is 0 Å². The molecule has 11 heteroatoms. The maximum atomic E-state index is 13.0. The lowest BCUT2D eigenvalue weighted by atomic mass is 9.92. The van der Waals surface area contributed by atoms with Crippen LogP contribution >= 0.6 is 0 Å². The molecule has 2 heterocycles. The van der Waals surface area contributed by atoms with Crippen LogP contribution in [-0.4, -0.2) is 73.3 Å². The van der Waals surface area contributed by atoms with Crippen LogP contribution in [0.4, 0.5) is 0 Å². The molecule has 1 aromatic rings. The van der Waals surface area contributed by atoms with Gasteiger partial charge in [-0.3, -0.25) is 15.1 Å². The van der Waals surface area contributed by atoms with Crippen molar-refractivity contribution in [1.82, 2.24) is 19.4 Å². The van der Waals surface area contributed by atoms with E-state index in [1.807, 2.05) is 30.3 Å². The molecule has 10 nitrogen and oxygen atoms in total. The van der Waals surface area contributed by atoms with E-state index in [4.69, 9.17) is 9.57 Å². The fraction of sp³-hybridized carbons (Fsp3) is 0.565. The fourth-order valence-electron chi connectivity index (χ4n) is 3.82. The molecule has 3 rings (SSSR count). The first-order chi connectivity index (χ1) is 15.8. The Morgan fingerprint density at radius 1 is 1.21 bits per heavy atom. The molecule has 1 fully saturated rings. The van der Waals surface area contributed by atoms with E-state index in [1.54, 1.807) is 26.8 Å². The molecule has 188 valence electrons. The highest BCUT2D eigenvalue weighted by atomic mass is 32.2. The van der Waals surface area contributed by atoms with Crippen molar-refractivity contribution in [2.75, 3.05) is 27.2 Å². The molecule has 1 spiro atoms. The van der Waals surface area contributed by atoms with Gasteiger partial charge < -0.3 is 10.1 Å². The largest absolute Gasteiger partial charge is 0.458 e. The van der Waals surface area contributed by atoms with Crippen molar-refractivity contribution in [2.45, 2.75) is 57.3 Å². The maximum Gasteiger partial charge on any atom is 0.329 e. The number of nitrogens with zero attached hydrogens (tertiary/aromatic N) is 2. The number of esters is 1. The number of hydroxylamine groups is 1. The lowest BCUT2D eigenvalue weighted by Crippen LogP contribution is -2.49. The third kappa shape index (κ3) is 6.35. The average Bonchev–Trinajstić information content (AvgIpc) is 3.16. The molecule has 1 unspecified atom stereocenters. The summed E-state index contributed by atoms with van der Waals surface area (Å²) in [5.41, 5.74) is 2.25. The van der Waals surface area contributed by atoms with E-state index >= 15 is 0 Å². The fourth-order valence-corrected chi connectivity index (χ4v) is 4.92. The number of piperidine rings is 1. The van der Waals surface area contributed by atoms with Crippen LogP contribution in [0.5, 0.6) is 0 Å². The van der Waals surface area contributed by atoms with E-state index in [9.17, 15) is 18.0 Å². The first-order valence-corrected chi connectivity index (χ1v) is 12.6. The number of carbonyl (C=O) groups excluding carboxylic acids is 2. The SMILES string of the molecule is CN(C)S(=O)(=O)N1CCC2(C=C(C(=O)NC(Cc3ccccc3)C(=O)OC(C)(C)C)NO2)CC1. The third-order valence-electron chi connectivity index (χ3n) is 5.65. The molecule has 0 aliphatic carbocycles. The Balaban J connectivity index is 1.69. The quantitative estimate of drug-likeness (QED) is 0.546. The molecule has 0 saturated carbocycles. The predicted octanol–water partition coefficient (Wildman–Crippen LogP) is 1.12. The minimum atomic E-state index is -3.51. The summed E-state index contributed by atoms with van der Waals surface area (Å²) in [5.74, 6) is -1.02. The highest BCUT2D eigenvalue weighted by molar-refractivity contribution is 7.86. The molecule has 1 amide bonds. The summed E-state index contributed by atoms with van der Waals surface area (Å²) in [6, 6.07) is 8.48. The second kappa shape index (κ2) is 10.0. The van der Waals surface area contributed by atoms with Gasteiger partial charge in [0.05, 0.1) is 0 Å². The van der Waals surface area contributed by atoms with Gasteiger partial charge in [-0.1, -0.05) is 30.3 Å². The Morgan fingerprint density at radius 3 is 2.38 bits per heavy atom. The minimum absolute atomic E-state index is 0.186. The summed E-state index contributed by atoms with van der Waals surface area (Å²) in [6.45, 7) is 5.85. The van der Waals surface area contributed by atoms with Gasteiger partial charge in [-0.05, 0) is 45.3 Å². The Morgan fingerprint density at radius 2 is 1.82 bits per heavy atom. The van der Waals surface area contributed by atoms with Gasteiger partial charge in [-0.2, -0.15) is 17.0 Å². The Bertz CT molecular complexity index is 1030. The van der Waals surface area contributed by atoms with Crippen molar-refractivity contribution in [2.24, 2.45) is 0 Å². The van der Waals surface area contributed by atoms with Crippen molar-refractivity contribution in [1.29, 1.82) is 0 Å². The highest BCUT2D eigenvalue weighted by Gasteiger charge is 2.43. The zero-order valence-corrected chi connectivity index (χ0v) is 21.1. The first kappa shape index (κ1) is 26.1. The van der Waals surface area contributed by atoms with E-state index in [0.29, 0.717) is 12.8 Å². The summed E-state index contributed by atoms with van der Waals surface area (Å²) < 4.78 is 32.8. The second-order valence-electron chi connectivity index (χ2n) is 9.77. The van der Waals surface area contributed by atoms with Gasteiger partial charge in [0.1, 0.15) is 22.9 Å². The maximum absolute atomic E-state index is 13.0. The van der Waals surface area contributed by atoms with E-state index in [-0.39, 0.29) is 25.2 Å². The average molecular weight is 495 g/mol. The highest BCUT2D eigenvalue weighted by Crippen LogP contribution is 2.33. The van der Waals surface area contributed by atoms with Crippen LogP contribution in [0, 0.1) is 0 Å². The molecule has 34 heavy (non-hydrogen) atoms. The summed E-state index contributed by atoms with van der Waals surface area (Å²) in [6.07, 6.45) is 2.74. The van der Waals surface area contributed by atoms with Gasteiger partial charge >= 0.3 is 5.97 Å². The predicted molar refractivity (Wildman–Crippen MR) is 126 cm³/mol. The number of nitrogens with one attached hydrogen (secondary N) is 2. The number of rotatable bonds is 7. The van der Waals surface area contributed by atoms with Crippen LogP contribution in [0.15, 0.2) is 42.1 Å². The van der Waals surface area contributed by atoms with Crippen LogP contribution in [-0.2, 0) is 35.8 Å². The first-order valence-electron chi connectivity index (χ1n) is 11.2. The molecule has 1 saturated heterocycles. The van der Waals surface area contributed by atoms with Crippen molar-refractivity contribution in [3.8, 4) is 0 Å². The van der Waals surface area contributed by atoms with Crippen LogP contribution in [0.3, 0.4) is 0 Å². The van der Waals surface area contributed by atoms with E-state index in [2.05, 4.69) is 10.8 Å². The van der Waals surface area contributed by atoms with Crippen LogP contribution < -0.4 is 10.8 Å². The van der Waals surface area contributed by atoms with Crippen LogP contribution in [0.25, 0.3) is 0 Å². The molecule has 0 radical (unpaired) electrons. The Labute approximate surface area is 201 Å². The number of carbonyl (C=O) groups is 2. The normalized spacial score (nSPS) is 19.4. The lowest BCUT2D eigenvalue weighted by Gasteiger charge is -2.36. The van der Waals surface area contributed by atoms with Gasteiger partial charge in [0.25, 0.3) is 16.1 Å². The number of amides is 1. The van der Waals surface area contributed by atoms with Gasteiger partial charge in [-0.25, -0.2) is 4.79 Å². The number of benzene rings is 1. The van der Waals surface area contributed by atoms with Crippen molar-refractivity contribution in [3.05, 3.63) is 47.7 Å². The van der Waals surface area contributed by atoms with E-state index < -0.39 is 39.3 Å². The molecular weight excluding hydrogens is 460 g/mol. The van der Waals surface area contributed by atoms with Gasteiger partial charge in [0.15, 0.2) is 0 Å². The monoisotopic (exact) mass is 494 g/mol. The Kier molecular flexibility index (Phi) is 7.71. The number of hydrogen-bond donors (Lipinski definition) is 2. The minimum Gasteiger partial charge on any atom is -0.458 e. The van der Waals surface area contributed by atoms with Crippen molar-refractivity contribution in [3.63, 3.8) is 0 Å². The molecule has 2 aliphatic heterocycles. The molecule has 0 aromatic heterocycles. The standard InChI is InChI=1S/C23H34N4O6S/c1-22(2,3)32-21(29)18(15-17-9-7-6-8-10-17)24-20(28)19-16-23(33-25-19)11-13-27(14-12-23)34(30,31)26(4)5/h6-10,16,18,25H,11-15H2,1-5H3,(H,24,28). The third-order valence-corrected chi connectivity index (χ3v) is 7.59. The molecule has 0 bridgehead atoms. The second-order valence-corrected chi connectivity index (χ2v) is 11.9. The summed E-state index contributed by atoms with van der Waals surface area (Å²) in [5, 5.41) is 2.76. The van der Waals surface area contributed by atoms with Gasteiger partial charge in [0, 0.05) is 33.6 Å². The number of hydrogen-bond acceptors (Lipinski definition) is 7. The summed E-state index contributed by atoms with van der Waals surface area (Å²) in [7, 11) is -0.522. The van der Waals surface area contributed by atoms with Crippen molar-refractivity contribution >= 4 is 22.1 Å². The van der Waals surface area contributed by atoms with E-state index in [0.717, 1.165) is 5.56 Å². The van der Waals surface area contributed by atoms with Crippen LogP contribution in [0.1, 0.15) is 39.2 Å². The topological polar surface area (TPSA) is 117 Å². The molecule has 1 aromatic carbocycles. The molecule has 1 atom stereocenters. The number of ether oxygens (including phenoxy) is 1. The van der Waals surface area contributed by atoms with Crippen LogP contribution in [0.2, 0.25) is 0 Å². The lowest BCUT2D eigenvalue weighted by molar-refractivity contribution is -0.158. The smallest absolute Gasteiger partial charge is 0.329 e. The zero-order valence-electron chi connectivity index (χ0n) is 20.3. The summed E-state index contributed by atoms with van der Waals surface area (Å²) in [4.78, 5) is 31.6. The van der Waals surface area contributed by atoms with Crippen molar-refractivity contribution < 1.29 is 27.6 Å². The van der Waals surface area contributed by atoms with Gasteiger partial charge in [0.2, 0.25) is 0 Å².